The van der Waals surface area contributed by atoms with Gasteiger partial charge < -0.3 is 10.2 Å². The van der Waals surface area contributed by atoms with E-state index in [1.165, 1.54) is 4.90 Å². The Hall–Kier alpha value is -1.46. The lowest BCUT2D eigenvalue weighted by molar-refractivity contribution is -0.140. The lowest BCUT2D eigenvalue weighted by Gasteiger charge is -2.29. The quantitative estimate of drug-likeness (QED) is 0.427. The second-order valence-corrected chi connectivity index (χ2v) is 8.55. The topological polar surface area (TPSA) is 49.4 Å². The number of rotatable bonds is 9. The molecular formula is C22H24Cl4N2O2. The highest BCUT2D eigenvalue weighted by atomic mass is 35.5. The number of nitrogens with one attached hydrogen (secondary N) is 1. The Kier molecular flexibility index (Phi) is 9.76. The smallest absolute Gasteiger partial charge is 0.242 e. The zero-order chi connectivity index (χ0) is 22.3. The molecule has 0 radical (unpaired) electrons. The molecule has 0 aliphatic heterocycles. The summed E-state index contributed by atoms with van der Waals surface area (Å²) in [7, 11) is 0. The van der Waals surface area contributed by atoms with Gasteiger partial charge in [0.2, 0.25) is 11.8 Å². The van der Waals surface area contributed by atoms with Crippen molar-refractivity contribution < 1.29 is 9.59 Å². The summed E-state index contributed by atoms with van der Waals surface area (Å²) in [5, 5.41) is 4.51. The molecule has 30 heavy (non-hydrogen) atoms. The van der Waals surface area contributed by atoms with Crippen LogP contribution in [0.3, 0.4) is 0 Å². The van der Waals surface area contributed by atoms with Gasteiger partial charge in [-0.3, -0.25) is 9.59 Å². The van der Waals surface area contributed by atoms with Gasteiger partial charge in [-0.05, 0) is 43.2 Å². The van der Waals surface area contributed by atoms with E-state index < -0.39 is 6.04 Å². The van der Waals surface area contributed by atoms with Crippen LogP contribution >= 0.6 is 46.4 Å². The number of halogens is 4. The zero-order valence-electron chi connectivity index (χ0n) is 16.9. The molecule has 0 fully saturated rings. The Morgan fingerprint density at radius 1 is 0.933 bits per heavy atom. The second-order valence-electron chi connectivity index (χ2n) is 6.92. The van der Waals surface area contributed by atoms with Gasteiger partial charge in [-0.15, -0.1) is 0 Å². The third kappa shape index (κ3) is 6.52. The summed E-state index contributed by atoms with van der Waals surface area (Å²) in [5.41, 5.74) is 1.09. The fraction of sp³-hybridized carbons (Fsp3) is 0.364. The minimum absolute atomic E-state index is 0.0485. The first-order valence-corrected chi connectivity index (χ1v) is 11.2. The molecule has 0 bridgehead atoms. The van der Waals surface area contributed by atoms with E-state index >= 15 is 0 Å². The Labute approximate surface area is 197 Å². The molecule has 2 aromatic rings. The van der Waals surface area contributed by atoms with E-state index in [1.807, 2.05) is 6.92 Å². The van der Waals surface area contributed by atoms with Gasteiger partial charge in [-0.25, -0.2) is 0 Å². The van der Waals surface area contributed by atoms with E-state index in [4.69, 9.17) is 46.4 Å². The van der Waals surface area contributed by atoms with Crippen molar-refractivity contribution in [1.29, 1.82) is 0 Å². The Morgan fingerprint density at radius 2 is 1.43 bits per heavy atom. The molecule has 8 heteroatoms. The molecule has 162 valence electrons. The number of unbranched alkanes of at least 4 members (excludes halogenated alkanes) is 1. The molecule has 4 nitrogen and oxygen atoms in total. The van der Waals surface area contributed by atoms with Gasteiger partial charge in [0.25, 0.3) is 0 Å². The first-order chi connectivity index (χ1) is 14.3. The van der Waals surface area contributed by atoms with Gasteiger partial charge in [0, 0.05) is 38.7 Å². The summed E-state index contributed by atoms with van der Waals surface area (Å²) in [6, 6.07) is 9.44. The molecule has 2 amide bonds. The normalized spacial score (nSPS) is 11.8. The third-order valence-corrected chi connectivity index (χ3v) is 6.19. The summed E-state index contributed by atoms with van der Waals surface area (Å²) >= 11 is 25.1. The van der Waals surface area contributed by atoms with Crippen LogP contribution in [-0.4, -0.2) is 29.3 Å². The lowest BCUT2D eigenvalue weighted by Crippen LogP contribution is -2.48. The Morgan fingerprint density at radius 3 is 1.93 bits per heavy atom. The standard InChI is InChI=1S/C22H24Cl4N2O2/c1-3-4-11-27-22(30)14(2)28(13-16-19(25)9-6-10-20(16)26)21(29)12-15-17(23)7-5-8-18(15)24/h5-10,14H,3-4,11-13H2,1-2H3,(H,27,30)/t14-/m1/s1. The number of carbonyl (C=O) groups excluding carboxylic acids is 2. The van der Waals surface area contributed by atoms with Crippen LogP contribution in [0.15, 0.2) is 36.4 Å². The van der Waals surface area contributed by atoms with Crippen molar-refractivity contribution in [3.63, 3.8) is 0 Å². The molecule has 2 aromatic carbocycles. The van der Waals surface area contributed by atoms with Crippen molar-refractivity contribution in [2.45, 2.75) is 45.7 Å². The minimum atomic E-state index is -0.733. The summed E-state index contributed by atoms with van der Waals surface area (Å²) in [4.78, 5) is 27.4. The van der Waals surface area contributed by atoms with Gasteiger partial charge in [-0.2, -0.15) is 0 Å². The Bertz CT molecular complexity index is 864. The van der Waals surface area contributed by atoms with Gasteiger partial charge in [-0.1, -0.05) is 71.9 Å². The van der Waals surface area contributed by atoms with E-state index in [1.54, 1.807) is 43.3 Å². The molecule has 0 saturated carbocycles. The highest BCUT2D eigenvalue weighted by Gasteiger charge is 2.28. The number of carbonyl (C=O) groups is 2. The van der Waals surface area contributed by atoms with Crippen LogP contribution in [0.25, 0.3) is 0 Å². The van der Waals surface area contributed by atoms with Crippen molar-refractivity contribution in [3.8, 4) is 0 Å². The predicted octanol–water partition coefficient (Wildman–Crippen LogP) is 6.18. The summed E-state index contributed by atoms with van der Waals surface area (Å²) < 4.78 is 0. The van der Waals surface area contributed by atoms with E-state index in [9.17, 15) is 9.59 Å². The predicted molar refractivity (Wildman–Crippen MR) is 125 cm³/mol. The first-order valence-electron chi connectivity index (χ1n) is 9.69. The summed E-state index contributed by atoms with van der Waals surface area (Å²) in [6.07, 6.45) is 1.77. The molecule has 0 spiro atoms. The van der Waals surface area contributed by atoms with E-state index in [0.29, 0.717) is 37.8 Å². The maximum atomic E-state index is 13.3. The van der Waals surface area contributed by atoms with Crippen LogP contribution in [0.4, 0.5) is 0 Å². The van der Waals surface area contributed by atoms with E-state index in [2.05, 4.69) is 5.32 Å². The average Bonchev–Trinajstić information content (AvgIpc) is 2.70. The van der Waals surface area contributed by atoms with Crippen molar-refractivity contribution >= 4 is 58.2 Å². The number of amides is 2. The van der Waals surface area contributed by atoms with Crippen LogP contribution in [0.2, 0.25) is 20.1 Å². The number of hydrogen-bond donors (Lipinski definition) is 1. The maximum Gasteiger partial charge on any atom is 0.242 e. The minimum Gasteiger partial charge on any atom is -0.354 e. The molecule has 0 heterocycles. The molecule has 2 rings (SSSR count). The van der Waals surface area contributed by atoms with Crippen LogP contribution in [0, 0.1) is 0 Å². The maximum absolute atomic E-state index is 13.3. The van der Waals surface area contributed by atoms with Gasteiger partial charge in [0.1, 0.15) is 6.04 Å². The van der Waals surface area contributed by atoms with Crippen LogP contribution in [0.5, 0.6) is 0 Å². The molecule has 1 N–H and O–H groups in total. The van der Waals surface area contributed by atoms with Crippen molar-refractivity contribution in [2.24, 2.45) is 0 Å². The summed E-state index contributed by atoms with van der Waals surface area (Å²) in [5.74, 6) is -0.552. The SMILES string of the molecule is CCCCNC(=O)[C@@H](C)N(Cc1c(Cl)cccc1Cl)C(=O)Cc1c(Cl)cccc1Cl. The number of benzene rings is 2. The molecule has 0 aliphatic rings. The lowest BCUT2D eigenvalue weighted by atomic mass is 10.1. The molecule has 0 unspecified atom stereocenters. The highest BCUT2D eigenvalue weighted by Crippen LogP contribution is 2.29. The summed E-state index contributed by atoms with van der Waals surface area (Å²) in [6.45, 7) is 4.35. The molecule has 0 aromatic heterocycles. The second kappa shape index (κ2) is 11.8. The molecule has 0 aliphatic carbocycles. The molecule has 0 saturated heterocycles. The number of nitrogens with zero attached hydrogens (tertiary/aromatic N) is 1. The highest BCUT2D eigenvalue weighted by molar-refractivity contribution is 6.36. The van der Waals surface area contributed by atoms with Gasteiger partial charge in [0.15, 0.2) is 0 Å². The fourth-order valence-electron chi connectivity index (χ4n) is 2.93. The van der Waals surface area contributed by atoms with Crippen molar-refractivity contribution in [3.05, 3.63) is 67.6 Å². The molecular weight excluding hydrogens is 466 g/mol. The van der Waals surface area contributed by atoms with Gasteiger partial charge >= 0.3 is 0 Å². The van der Waals surface area contributed by atoms with Crippen LogP contribution in [-0.2, 0) is 22.6 Å². The van der Waals surface area contributed by atoms with Crippen molar-refractivity contribution in [1.82, 2.24) is 10.2 Å². The zero-order valence-corrected chi connectivity index (χ0v) is 19.9. The Balaban J connectivity index is 2.32. The van der Waals surface area contributed by atoms with Crippen molar-refractivity contribution in [2.75, 3.05) is 6.54 Å². The van der Waals surface area contributed by atoms with E-state index in [-0.39, 0.29) is 24.8 Å². The van der Waals surface area contributed by atoms with Gasteiger partial charge in [0.05, 0.1) is 6.42 Å². The first kappa shape index (κ1) is 24.8. The third-order valence-electron chi connectivity index (χ3n) is 4.78. The molecule has 1 atom stereocenters. The largest absolute Gasteiger partial charge is 0.354 e. The van der Waals surface area contributed by atoms with Crippen LogP contribution < -0.4 is 5.32 Å². The fourth-order valence-corrected chi connectivity index (χ4v) is 3.97. The monoisotopic (exact) mass is 488 g/mol. The van der Waals surface area contributed by atoms with E-state index in [0.717, 1.165) is 12.8 Å². The van der Waals surface area contributed by atoms with Crippen LogP contribution in [0.1, 0.15) is 37.8 Å². The average molecular weight is 490 g/mol. The number of hydrogen-bond acceptors (Lipinski definition) is 2.